The number of sulfonamides is 1. The van der Waals surface area contributed by atoms with Crippen LogP contribution in [0, 0.1) is 5.41 Å². The second kappa shape index (κ2) is 10.0. The SMILES string of the molecule is CCCC1(CCC)OC(=O)C(C(c2cccc(N(C)S(=O)(=O)c3ccccn3)c2)C(C)(C)C)=C1O. The molecule has 1 atom stereocenters. The first-order valence-electron chi connectivity index (χ1n) is 12.1. The molecule has 0 fully saturated rings. The summed E-state index contributed by atoms with van der Waals surface area (Å²) in [6.07, 6.45) is 4.05. The Bertz CT molecular complexity index is 1190. The molecule has 1 aromatic heterocycles. The van der Waals surface area contributed by atoms with Crippen LogP contribution >= 0.6 is 0 Å². The molecule has 8 heteroatoms. The van der Waals surface area contributed by atoms with Gasteiger partial charge in [-0.3, -0.25) is 4.31 Å². The van der Waals surface area contributed by atoms with E-state index < -0.39 is 32.9 Å². The number of hydrogen-bond donors (Lipinski definition) is 1. The number of nitrogens with zero attached hydrogens (tertiary/aromatic N) is 2. The van der Waals surface area contributed by atoms with Crippen molar-refractivity contribution >= 4 is 21.7 Å². The number of carbonyl (C=O) groups excluding carboxylic acids is 1. The number of aliphatic hydroxyl groups is 1. The fourth-order valence-electron chi connectivity index (χ4n) is 4.93. The molecule has 0 saturated carbocycles. The highest BCUT2D eigenvalue weighted by Crippen LogP contribution is 2.49. The lowest BCUT2D eigenvalue weighted by Gasteiger charge is -2.32. The largest absolute Gasteiger partial charge is 0.507 e. The highest BCUT2D eigenvalue weighted by Gasteiger charge is 2.51. The molecule has 0 aliphatic carbocycles. The summed E-state index contributed by atoms with van der Waals surface area (Å²) in [6.45, 7) is 9.97. The maximum atomic E-state index is 13.2. The van der Waals surface area contributed by atoms with Gasteiger partial charge in [-0.1, -0.05) is 65.7 Å². The highest BCUT2D eigenvalue weighted by atomic mass is 32.2. The summed E-state index contributed by atoms with van der Waals surface area (Å²) in [5.74, 6) is -1.01. The zero-order chi connectivity index (χ0) is 26.0. The van der Waals surface area contributed by atoms with Crippen molar-refractivity contribution in [3.8, 4) is 0 Å². The molecule has 7 nitrogen and oxygen atoms in total. The van der Waals surface area contributed by atoms with Crippen molar-refractivity contribution in [2.75, 3.05) is 11.4 Å². The Morgan fingerprint density at radius 1 is 1.09 bits per heavy atom. The first kappa shape index (κ1) is 26.7. The fourth-order valence-corrected chi connectivity index (χ4v) is 6.04. The van der Waals surface area contributed by atoms with Gasteiger partial charge in [0, 0.05) is 19.2 Å². The minimum Gasteiger partial charge on any atom is -0.507 e. The fraction of sp³-hybridized carbons (Fsp3) is 0.481. The normalized spacial score (nSPS) is 16.8. The smallest absolute Gasteiger partial charge is 0.339 e. The predicted octanol–water partition coefficient (Wildman–Crippen LogP) is 5.74. The van der Waals surface area contributed by atoms with Gasteiger partial charge in [-0.2, -0.15) is 8.42 Å². The van der Waals surface area contributed by atoms with Gasteiger partial charge in [-0.25, -0.2) is 9.78 Å². The molecule has 2 aromatic rings. The van der Waals surface area contributed by atoms with Gasteiger partial charge in [0.05, 0.1) is 11.3 Å². The third-order valence-corrected chi connectivity index (χ3v) is 8.19. The van der Waals surface area contributed by atoms with Gasteiger partial charge in [0.15, 0.2) is 10.6 Å². The Labute approximate surface area is 208 Å². The molecule has 0 spiro atoms. The van der Waals surface area contributed by atoms with Crippen LogP contribution in [0.25, 0.3) is 0 Å². The quantitative estimate of drug-likeness (QED) is 0.441. The maximum absolute atomic E-state index is 13.2. The molecular weight excluding hydrogens is 464 g/mol. The van der Waals surface area contributed by atoms with E-state index in [1.807, 2.05) is 40.7 Å². The number of benzene rings is 1. The van der Waals surface area contributed by atoms with Gasteiger partial charge in [-0.15, -0.1) is 0 Å². The first-order valence-corrected chi connectivity index (χ1v) is 13.5. The maximum Gasteiger partial charge on any atom is 0.339 e. The molecule has 1 aliphatic rings. The number of hydrogen-bond acceptors (Lipinski definition) is 6. The molecule has 2 heterocycles. The molecule has 0 saturated heterocycles. The Morgan fingerprint density at radius 2 is 1.74 bits per heavy atom. The summed E-state index contributed by atoms with van der Waals surface area (Å²) in [5, 5.41) is 11.4. The van der Waals surface area contributed by atoms with E-state index >= 15 is 0 Å². The van der Waals surface area contributed by atoms with Crippen LogP contribution < -0.4 is 4.31 Å². The summed E-state index contributed by atoms with van der Waals surface area (Å²) >= 11 is 0. The van der Waals surface area contributed by atoms with Gasteiger partial charge < -0.3 is 9.84 Å². The molecule has 0 amide bonds. The van der Waals surface area contributed by atoms with Crippen LogP contribution in [0.4, 0.5) is 5.69 Å². The number of anilines is 1. The van der Waals surface area contributed by atoms with Crippen molar-refractivity contribution in [1.82, 2.24) is 4.98 Å². The van der Waals surface area contributed by atoms with E-state index in [1.54, 1.807) is 30.3 Å². The van der Waals surface area contributed by atoms with Crippen molar-refractivity contribution < 1.29 is 23.1 Å². The van der Waals surface area contributed by atoms with Crippen LogP contribution in [0.3, 0.4) is 0 Å². The Hall–Kier alpha value is -2.87. The Morgan fingerprint density at radius 3 is 2.29 bits per heavy atom. The third kappa shape index (κ3) is 5.08. The minimum atomic E-state index is -3.87. The van der Waals surface area contributed by atoms with Crippen molar-refractivity contribution in [2.45, 2.75) is 76.8 Å². The topological polar surface area (TPSA) is 96.8 Å². The van der Waals surface area contributed by atoms with Crippen molar-refractivity contribution in [3.05, 3.63) is 65.6 Å². The second-order valence-electron chi connectivity index (χ2n) is 10.2. The lowest BCUT2D eigenvalue weighted by molar-refractivity contribution is -0.150. The van der Waals surface area contributed by atoms with Gasteiger partial charge in [0.1, 0.15) is 5.76 Å². The van der Waals surface area contributed by atoms with E-state index in [1.165, 1.54) is 23.6 Å². The van der Waals surface area contributed by atoms with Crippen molar-refractivity contribution in [2.24, 2.45) is 5.41 Å². The average Bonchev–Trinajstić information content (AvgIpc) is 3.03. The number of esters is 1. The molecule has 0 radical (unpaired) electrons. The summed E-state index contributed by atoms with van der Waals surface area (Å²) in [7, 11) is -2.40. The summed E-state index contributed by atoms with van der Waals surface area (Å²) in [5.41, 5.74) is -0.0567. The van der Waals surface area contributed by atoms with Crippen LogP contribution in [-0.2, 0) is 19.6 Å². The van der Waals surface area contributed by atoms with Crippen LogP contribution in [0.1, 0.15) is 71.8 Å². The van der Waals surface area contributed by atoms with E-state index in [4.69, 9.17) is 4.74 Å². The first-order chi connectivity index (χ1) is 16.4. The Balaban J connectivity index is 2.12. The number of aliphatic hydroxyl groups excluding tert-OH is 1. The zero-order valence-corrected chi connectivity index (χ0v) is 22.2. The monoisotopic (exact) mass is 500 g/mol. The van der Waals surface area contributed by atoms with Gasteiger partial charge in [-0.05, 0) is 48.1 Å². The van der Waals surface area contributed by atoms with E-state index in [0.29, 0.717) is 18.5 Å². The molecule has 1 N–H and O–H groups in total. The summed E-state index contributed by atoms with van der Waals surface area (Å²) in [6, 6.07) is 11.8. The molecule has 190 valence electrons. The molecule has 3 rings (SSSR count). The number of carbonyl (C=O) groups is 1. The molecule has 0 bridgehead atoms. The van der Waals surface area contributed by atoms with Crippen LogP contribution in [0.2, 0.25) is 0 Å². The lowest BCUT2D eigenvalue weighted by Crippen LogP contribution is -2.32. The summed E-state index contributed by atoms with van der Waals surface area (Å²) < 4.78 is 33.3. The van der Waals surface area contributed by atoms with Gasteiger partial charge >= 0.3 is 5.97 Å². The predicted molar refractivity (Wildman–Crippen MR) is 137 cm³/mol. The third-order valence-electron chi connectivity index (χ3n) is 6.49. The van der Waals surface area contributed by atoms with E-state index in [0.717, 1.165) is 18.4 Å². The van der Waals surface area contributed by atoms with Gasteiger partial charge in [0.25, 0.3) is 10.0 Å². The van der Waals surface area contributed by atoms with E-state index in [-0.39, 0.29) is 16.4 Å². The number of aromatic nitrogens is 1. The molecule has 35 heavy (non-hydrogen) atoms. The van der Waals surface area contributed by atoms with Crippen molar-refractivity contribution in [3.63, 3.8) is 0 Å². The molecule has 1 aliphatic heterocycles. The van der Waals surface area contributed by atoms with Crippen LogP contribution in [-0.4, -0.2) is 37.1 Å². The molecule has 1 aromatic carbocycles. The van der Waals surface area contributed by atoms with E-state index in [9.17, 15) is 18.3 Å². The lowest BCUT2D eigenvalue weighted by atomic mass is 9.71. The standard InChI is InChI=1S/C27H36N2O5S/c1-7-15-27(16-8-2)24(30)22(25(31)34-27)23(26(3,4)5)19-12-11-13-20(18-19)29(6)35(32,33)21-14-9-10-17-28-21/h9-14,17-18,23,30H,7-8,15-16H2,1-6H3. The summed E-state index contributed by atoms with van der Waals surface area (Å²) in [4.78, 5) is 17.2. The molecule has 1 unspecified atom stereocenters. The van der Waals surface area contributed by atoms with Gasteiger partial charge in [0.2, 0.25) is 0 Å². The number of ether oxygens (including phenoxy) is 1. The Kier molecular flexibility index (Phi) is 7.65. The van der Waals surface area contributed by atoms with Crippen LogP contribution in [0.15, 0.2) is 65.0 Å². The van der Waals surface area contributed by atoms with Crippen LogP contribution in [0.5, 0.6) is 0 Å². The molecular formula is C27H36N2O5S. The second-order valence-corrected chi connectivity index (χ2v) is 12.1. The highest BCUT2D eigenvalue weighted by molar-refractivity contribution is 7.92. The zero-order valence-electron chi connectivity index (χ0n) is 21.4. The minimum absolute atomic E-state index is 0.00555. The number of cyclic esters (lactones) is 1. The average molecular weight is 501 g/mol. The van der Waals surface area contributed by atoms with E-state index in [2.05, 4.69) is 4.98 Å². The number of rotatable bonds is 9. The number of pyridine rings is 1. The van der Waals surface area contributed by atoms with Crippen molar-refractivity contribution in [1.29, 1.82) is 0 Å².